The molecule has 9 heteroatoms. The molecule has 6 rings (SSSR count). The molecule has 1 aliphatic heterocycles. The number of hydrogen-bond acceptors (Lipinski definition) is 6. The van der Waals surface area contributed by atoms with Crippen molar-refractivity contribution in [3.8, 4) is 5.88 Å². The maximum atomic E-state index is 13.8. The molecule has 0 spiro atoms. The van der Waals surface area contributed by atoms with Crippen LogP contribution in [-0.2, 0) is 11.5 Å². The van der Waals surface area contributed by atoms with Gasteiger partial charge in [0.15, 0.2) is 6.61 Å². The summed E-state index contributed by atoms with van der Waals surface area (Å²) < 4.78 is 26.6. The Morgan fingerprint density at radius 1 is 1.09 bits per heavy atom. The Bertz CT molecular complexity index is 1450. The number of amides is 1. The number of rotatable bonds is 4. The number of carbonyl (C=O) groups is 1. The van der Waals surface area contributed by atoms with Crippen LogP contribution in [0.15, 0.2) is 58.0 Å². The smallest absolute Gasteiger partial charge is 0.345 e. The number of halogens is 1. The fourth-order valence-corrected chi connectivity index (χ4v) is 5.17. The SMILES string of the molecule is O=C1COc2ncc(F)cc2N1C1CCC(NCn2ccc3c(=O)oc4ccccc4c32)CC1. The summed E-state index contributed by atoms with van der Waals surface area (Å²) >= 11 is 0. The lowest BCUT2D eigenvalue weighted by Crippen LogP contribution is -2.49. The van der Waals surface area contributed by atoms with Crippen molar-refractivity contribution in [1.29, 1.82) is 0 Å². The van der Waals surface area contributed by atoms with Crippen molar-refractivity contribution in [1.82, 2.24) is 14.9 Å². The first-order valence-electron chi connectivity index (χ1n) is 11.4. The molecule has 34 heavy (non-hydrogen) atoms. The van der Waals surface area contributed by atoms with Crippen LogP contribution < -0.4 is 20.6 Å². The molecule has 0 radical (unpaired) electrons. The van der Waals surface area contributed by atoms with Gasteiger partial charge in [0.05, 0.1) is 23.8 Å². The first kappa shape index (κ1) is 20.9. The zero-order valence-electron chi connectivity index (χ0n) is 18.4. The lowest BCUT2D eigenvalue weighted by Gasteiger charge is -2.39. The highest BCUT2D eigenvalue weighted by Crippen LogP contribution is 2.36. The number of nitrogens with zero attached hydrogens (tertiary/aromatic N) is 3. The molecule has 0 saturated heterocycles. The Balaban J connectivity index is 1.16. The molecule has 174 valence electrons. The van der Waals surface area contributed by atoms with Crippen LogP contribution in [0.1, 0.15) is 25.7 Å². The summed E-state index contributed by atoms with van der Waals surface area (Å²) in [5.41, 5.74) is 1.51. The molecule has 3 aromatic heterocycles. The summed E-state index contributed by atoms with van der Waals surface area (Å²) in [6.07, 6.45) is 6.32. The van der Waals surface area contributed by atoms with Crippen molar-refractivity contribution in [2.45, 2.75) is 44.4 Å². The third-order valence-corrected chi connectivity index (χ3v) is 6.80. The molecule has 1 aliphatic carbocycles. The second-order valence-electron chi connectivity index (χ2n) is 8.83. The summed E-state index contributed by atoms with van der Waals surface area (Å²) in [4.78, 5) is 30.6. The Morgan fingerprint density at radius 2 is 1.91 bits per heavy atom. The monoisotopic (exact) mass is 462 g/mol. The van der Waals surface area contributed by atoms with Crippen LogP contribution in [0.25, 0.3) is 21.9 Å². The van der Waals surface area contributed by atoms with E-state index < -0.39 is 5.82 Å². The minimum Gasteiger partial charge on any atom is -0.466 e. The number of anilines is 1. The molecule has 1 fully saturated rings. The van der Waals surface area contributed by atoms with E-state index in [1.807, 2.05) is 29.0 Å². The predicted molar refractivity (Wildman–Crippen MR) is 124 cm³/mol. The average molecular weight is 462 g/mol. The number of benzene rings is 1. The second-order valence-corrected chi connectivity index (χ2v) is 8.83. The van der Waals surface area contributed by atoms with E-state index in [2.05, 4.69) is 10.3 Å². The van der Waals surface area contributed by atoms with Crippen molar-refractivity contribution in [2.75, 3.05) is 11.5 Å². The molecule has 4 aromatic rings. The van der Waals surface area contributed by atoms with Gasteiger partial charge in [-0.2, -0.15) is 0 Å². The number of ether oxygens (including phenoxy) is 1. The summed E-state index contributed by atoms with van der Waals surface area (Å²) in [7, 11) is 0. The van der Waals surface area contributed by atoms with Crippen LogP contribution >= 0.6 is 0 Å². The van der Waals surface area contributed by atoms with Crippen LogP contribution in [0.5, 0.6) is 5.88 Å². The van der Waals surface area contributed by atoms with Gasteiger partial charge in [-0.05, 0) is 43.9 Å². The Morgan fingerprint density at radius 3 is 2.76 bits per heavy atom. The van der Waals surface area contributed by atoms with Gasteiger partial charge in [0.2, 0.25) is 5.88 Å². The van der Waals surface area contributed by atoms with E-state index in [-0.39, 0.29) is 30.2 Å². The highest BCUT2D eigenvalue weighted by molar-refractivity contribution is 6.02. The van der Waals surface area contributed by atoms with E-state index in [0.29, 0.717) is 29.2 Å². The van der Waals surface area contributed by atoms with Crippen molar-refractivity contribution in [2.24, 2.45) is 0 Å². The quantitative estimate of drug-likeness (QED) is 0.467. The fraction of sp³-hybridized carbons (Fsp3) is 0.320. The minimum atomic E-state index is -0.488. The lowest BCUT2D eigenvalue weighted by molar-refractivity contribution is -0.122. The molecule has 8 nitrogen and oxygen atoms in total. The molecule has 1 aromatic carbocycles. The Hall–Kier alpha value is -3.72. The topological polar surface area (TPSA) is 89.6 Å². The van der Waals surface area contributed by atoms with E-state index in [4.69, 9.17) is 9.15 Å². The van der Waals surface area contributed by atoms with Crippen molar-refractivity contribution in [3.05, 3.63) is 65.0 Å². The van der Waals surface area contributed by atoms with Gasteiger partial charge in [-0.3, -0.25) is 10.1 Å². The maximum Gasteiger partial charge on any atom is 0.345 e. The predicted octanol–water partition coefficient (Wildman–Crippen LogP) is 3.57. The zero-order chi connectivity index (χ0) is 23.2. The van der Waals surface area contributed by atoms with Crippen LogP contribution in [0.2, 0.25) is 0 Å². The first-order chi connectivity index (χ1) is 16.6. The van der Waals surface area contributed by atoms with Crippen LogP contribution in [0, 0.1) is 5.82 Å². The zero-order valence-corrected chi connectivity index (χ0v) is 18.4. The van der Waals surface area contributed by atoms with Crippen molar-refractivity contribution >= 4 is 33.5 Å². The molecular formula is C25H23FN4O4. The van der Waals surface area contributed by atoms with E-state index >= 15 is 0 Å². The third kappa shape index (κ3) is 3.52. The number of pyridine rings is 1. The number of hydrogen-bond donors (Lipinski definition) is 1. The fourth-order valence-electron chi connectivity index (χ4n) is 5.17. The third-order valence-electron chi connectivity index (χ3n) is 6.80. The number of carbonyl (C=O) groups excluding carboxylic acids is 1. The van der Waals surface area contributed by atoms with E-state index in [0.717, 1.165) is 42.8 Å². The molecule has 0 bridgehead atoms. The standard InChI is InChI=1S/C25H23FN4O4/c26-15-11-20-24(27-12-15)33-13-22(31)30(20)17-7-5-16(6-8-17)28-14-29-10-9-19-23(29)18-3-1-2-4-21(18)34-25(19)32/h1-4,9-12,16-17,28H,5-8,13-14H2. The molecule has 2 aliphatic rings. The summed E-state index contributed by atoms with van der Waals surface area (Å²) in [5.74, 6) is -0.351. The molecule has 1 N–H and O–H groups in total. The van der Waals surface area contributed by atoms with Crippen LogP contribution in [0.3, 0.4) is 0 Å². The largest absolute Gasteiger partial charge is 0.466 e. The summed E-state index contributed by atoms with van der Waals surface area (Å²) in [5, 5.41) is 5.06. The normalized spacial score (nSPS) is 20.5. The Kier molecular flexibility index (Phi) is 5.06. The maximum absolute atomic E-state index is 13.8. The molecule has 0 unspecified atom stereocenters. The van der Waals surface area contributed by atoms with Gasteiger partial charge in [0, 0.05) is 29.7 Å². The van der Waals surface area contributed by atoms with Gasteiger partial charge in [-0.25, -0.2) is 14.2 Å². The van der Waals surface area contributed by atoms with Gasteiger partial charge in [0.25, 0.3) is 5.91 Å². The number of fused-ring (bicyclic) bond motifs is 4. The number of aromatic nitrogens is 2. The molecule has 4 heterocycles. The van der Waals surface area contributed by atoms with E-state index in [9.17, 15) is 14.0 Å². The first-order valence-corrected chi connectivity index (χ1v) is 11.4. The van der Waals surface area contributed by atoms with Gasteiger partial charge >= 0.3 is 5.63 Å². The van der Waals surface area contributed by atoms with Crippen molar-refractivity contribution < 1.29 is 18.3 Å². The second kappa shape index (κ2) is 8.25. The van der Waals surface area contributed by atoms with Gasteiger partial charge < -0.3 is 18.6 Å². The molecule has 1 amide bonds. The molecule has 0 atom stereocenters. The molecular weight excluding hydrogens is 439 g/mol. The van der Waals surface area contributed by atoms with Gasteiger partial charge in [-0.1, -0.05) is 12.1 Å². The number of nitrogens with one attached hydrogen (secondary N) is 1. The van der Waals surface area contributed by atoms with Gasteiger partial charge in [-0.15, -0.1) is 0 Å². The van der Waals surface area contributed by atoms with Gasteiger partial charge in [0.1, 0.15) is 17.1 Å². The lowest BCUT2D eigenvalue weighted by atomic mass is 9.89. The Labute approximate surface area is 193 Å². The average Bonchev–Trinajstić information content (AvgIpc) is 3.28. The highest BCUT2D eigenvalue weighted by atomic mass is 19.1. The molecule has 1 saturated carbocycles. The van der Waals surface area contributed by atoms with Crippen LogP contribution in [0.4, 0.5) is 10.1 Å². The summed E-state index contributed by atoms with van der Waals surface area (Å²) in [6, 6.07) is 10.9. The number of para-hydroxylation sites is 1. The van der Waals surface area contributed by atoms with E-state index in [1.54, 1.807) is 17.0 Å². The van der Waals surface area contributed by atoms with E-state index in [1.165, 1.54) is 6.07 Å². The highest BCUT2D eigenvalue weighted by Gasteiger charge is 2.35. The summed E-state index contributed by atoms with van der Waals surface area (Å²) in [6.45, 7) is 0.479. The van der Waals surface area contributed by atoms with Crippen molar-refractivity contribution in [3.63, 3.8) is 0 Å². The van der Waals surface area contributed by atoms with Crippen LogP contribution in [-0.4, -0.2) is 34.1 Å². The minimum absolute atomic E-state index is 0.0159.